The molecule has 0 fully saturated rings. The Morgan fingerprint density at radius 1 is 0.259 bits per heavy atom. The maximum absolute atomic E-state index is 13.1. The fourth-order valence-corrected chi connectivity index (χ4v) is 12.2. The smallest absolute Gasteiger partial charge is 0.462 e. The third-order valence-electron chi connectivity index (χ3n) is 17.1. The fraction of sp³-hybridized carbons (Fsp3) is 0.613. The summed E-state index contributed by atoms with van der Waals surface area (Å²) in [6.07, 6.45) is 103. The highest BCUT2D eigenvalue weighted by atomic mass is 31.2. The van der Waals surface area contributed by atoms with Crippen molar-refractivity contribution in [1.82, 2.24) is 0 Å². The number of aliphatic hydroxyl groups is 1. The van der Waals surface area contributed by atoms with E-state index in [4.69, 9.17) is 37.0 Å². The number of allylic oxidation sites excluding steroid dienone is 32. The third kappa shape index (κ3) is 81.9. The Labute approximate surface area is 678 Å². The molecule has 0 bridgehead atoms. The monoisotopic (exact) mass is 1600 g/mol. The van der Waals surface area contributed by atoms with Crippen LogP contribution in [-0.4, -0.2) is 96.7 Å². The highest BCUT2D eigenvalue weighted by Crippen LogP contribution is 2.45. The van der Waals surface area contributed by atoms with Gasteiger partial charge in [-0.1, -0.05) is 338 Å². The number of hydrogen-bond acceptors (Lipinski definition) is 15. The minimum Gasteiger partial charge on any atom is -0.462 e. The summed E-state index contributed by atoms with van der Waals surface area (Å²) >= 11 is 0. The zero-order valence-electron chi connectivity index (χ0n) is 69.5. The molecule has 19 heteroatoms. The molecule has 0 saturated carbocycles. The Kier molecular flexibility index (Phi) is 78.4. The molecule has 0 aliphatic rings. The van der Waals surface area contributed by atoms with Gasteiger partial charge in [0.2, 0.25) is 0 Å². The lowest BCUT2D eigenvalue weighted by molar-refractivity contribution is -0.161. The predicted molar refractivity (Wildman–Crippen MR) is 463 cm³/mol. The highest BCUT2D eigenvalue weighted by Gasteiger charge is 2.30. The lowest BCUT2D eigenvalue weighted by Gasteiger charge is -2.21. The molecular formula is C93H150O17P2. The summed E-state index contributed by atoms with van der Waals surface area (Å²) in [5.41, 5.74) is 0. The fourth-order valence-electron chi connectivity index (χ4n) is 10.6. The summed E-state index contributed by atoms with van der Waals surface area (Å²) in [5, 5.41) is 10.7. The van der Waals surface area contributed by atoms with Crippen LogP contribution >= 0.6 is 15.6 Å². The molecule has 5 atom stereocenters. The number of hydrogen-bond donors (Lipinski definition) is 3. The number of carbonyl (C=O) groups excluding carboxylic acids is 4. The van der Waals surface area contributed by atoms with Crippen LogP contribution in [0.4, 0.5) is 0 Å². The van der Waals surface area contributed by atoms with E-state index in [1.807, 2.05) is 48.6 Å². The van der Waals surface area contributed by atoms with Gasteiger partial charge in [-0.2, -0.15) is 0 Å². The standard InChI is InChI=1S/C93H150O17P2/c1-5-9-13-17-21-25-29-33-37-40-43-46-50-53-57-61-65-69-73-77-90(95)103-83-88(109-92(97)79-75-71-67-63-59-55-49-36-32-28-24-20-16-12-8-4)85-107-111(99,100)105-81-87(94)82-106-112(101,102)108-86-89(110-93(98)80-76-72-68-64-60-56-52-48-45-42-39-35-31-27-23-19-15-11-7-3)84-104-91(96)78-74-70-66-62-58-54-51-47-44-41-38-34-30-26-22-18-14-10-6-2/h11,15,21-23,25-27,33-35,37-39,43-48,53-54,56-58,60,65-66,68-70,72,87-89,94H,5-10,12-14,16-20,24,28-32,36,40-42,49-52,55,59,61-64,67,71,73-86H2,1-4H3,(H,99,100)(H,101,102)/b15-11-,25-21-,26-22-,27-23-,37-33-,38-34-,39-35-,46-43-,47-44-,48-45-,57-53-,58-54-,60-56-,69-65-,70-66-,72-68-/t87-,88+,89+/m0/s1. The van der Waals surface area contributed by atoms with Gasteiger partial charge in [-0.25, -0.2) is 9.13 Å². The lowest BCUT2D eigenvalue weighted by atomic mass is 10.0. The van der Waals surface area contributed by atoms with Crippen molar-refractivity contribution in [2.24, 2.45) is 0 Å². The Morgan fingerprint density at radius 2 is 0.482 bits per heavy atom. The van der Waals surface area contributed by atoms with Crippen LogP contribution in [0.3, 0.4) is 0 Å². The van der Waals surface area contributed by atoms with E-state index in [9.17, 15) is 43.2 Å². The lowest BCUT2D eigenvalue weighted by Crippen LogP contribution is -2.30. The van der Waals surface area contributed by atoms with Crippen LogP contribution in [0.15, 0.2) is 194 Å². The summed E-state index contributed by atoms with van der Waals surface area (Å²) in [6.45, 7) is 4.45. The van der Waals surface area contributed by atoms with Crippen molar-refractivity contribution in [3.05, 3.63) is 194 Å². The van der Waals surface area contributed by atoms with E-state index in [0.29, 0.717) is 44.9 Å². The maximum atomic E-state index is 13.1. The predicted octanol–water partition coefficient (Wildman–Crippen LogP) is 25.7. The minimum absolute atomic E-state index is 0.0132. The second-order valence-electron chi connectivity index (χ2n) is 27.7. The van der Waals surface area contributed by atoms with E-state index < -0.39 is 97.5 Å². The number of phosphoric ester groups is 2. The van der Waals surface area contributed by atoms with Gasteiger partial charge in [0.05, 0.1) is 26.4 Å². The van der Waals surface area contributed by atoms with Gasteiger partial charge >= 0.3 is 39.5 Å². The number of phosphoric acid groups is 2. The van der Waals surface area contributed by atoms with Crippen molar-refractivity contribution in [3.63, 3.8) is 0 Å². The Hall–Kier alpha value is -6.10. The van der Waals surface area contributed by atoms with Gasteiger partial charge in [0, 0.05) is 25.7 Å². The Balaban J connectivity index is 5.59. The van der Waals surface area contributed by atoms with Crippen molar-refractivity contribution < 1.29 is 80.2 Å². The van der Waals surface area contributed by atoms with E-state index in [1.165, 1.54) is 103 Å². The first-order valence-corrected chi connectivity index (χ1v) is 45.7. The summed E-state index contributed by atoms with van der Waals surface area (Å²) in [4.78, 5) is 73.1. The zero-order chi connectivity index (χ0) is 81.7. The van der Waals surface area contributed by atoms with Gasteiger partial charge in [0.15, 0.2) is 12.2 Å². The molecule has 634 valence electrons. The molecule has 0 aliphatic heterocycles. The number of ether oxygens (including phenoxy) is 4. The van der Waals surface area contributed by atoms with Gasteiger partial charge in [-0.3, -0.25) is 37.3 Å². The summed E-state index contributed by atoms with van der Waals surface area (Å²) in [5.74, 6) is -2.48. The molecule has 0 aliphatic carbocycles. The van der Waals surface area contributed by atoms with Gasteiger partial charge in [-0.15, -0.1) is 0 Å². The first kappa shape index (κ1) is 106. The van der Waals surface area contributed by atoms with Gasteiger partial charge in [0.25, 0.3) is 0 Å². The number of unbranched alkanes of at least 4 members (excludes halogenated alkanes) is 20. The van der Waals surface area contributed by atoms with Crippen LogP contribution < -0.4 is 0 Å². The first-order valence-electron chi connectivity index (χ1n) is 42.7. The largest absolute Gasteiger partial charge is 0.472 e. The normalized spacial score (nSPS) is 14.7. The van der Waals surface area contributed by atoms with E-state index in [-0.39, 0.29) is 25.7 Å². The number of esters is 4. The van der Waals surface area contributed by atoms with Crippen molar-refractivity contribution >= 4 is 39.5 Å². The van der Waals surface area contributed by atoms with Crippen LogP contribution in [0.25, 0.3) is 0 Å². The summed E-state index contributed by atoms with van der Waals surface area (Å²) in [7, 11) is -10.0. The Bertz CT molecular complexity index is 2890. The molecule has 0 heterocycles. The van der Waals surface area contributed by atoms with Crippen LogP contribution in [0, 0.1) is 0 Å². The minimum atomic E-state index is -5.03. The molecule has 0 aromatic rings. The van der Waals surface area contributed by atoms with Gasteiger partial charge in [0.1, 0.15) is 19.3 Å². The molecule has 0 aromatic carbocycles. The van der Waals surface area contributed by atoms with Crippen LogP contribution in [-0.2, 0) is 65.4 Å². The second kappa shape index (κ2) is 82.9. The zero-order valence-corrected chi connectivity index (χ0v) is 71.3. The average Bonchev–Trinajstić information content (AvgIpc) is 0.897. The van der Waals surface area contributed by atoms with Crippen molar-refractivity contribution in [2.45, 2.75) is 329 Å². The summed E-state index contributed by atoms with van der Waals surface area (Å²) < 4.78 is 68.5. The molecule has 3 N–H and O–H groups in total. The van der Waals surface area contributed by atoms with Crippen LogP contribution in [0.1, 0.15) is 310 Å². The molecular weight excluding hydrogens is 1450 g/mol. The highest BCUT2D eigenvalue weighted by molar-refractivity contribution is 7.47. The van der Waals surface area contributed by atoms with Gasteiger partial charge < -0.3 is 33.8 Å². The van der Waals surface area contributed by atoms with Gasteiger partial charge in [-0.05, 0) is 141 Å². The van der Waals surface area contributed by atoms with E-state index >= 15 is 0 Å². The van der Waals surface area contributed by atoms with Crippen LogP contribution in [0.2, 0.25) is 0 Å². The van der Waals surface area contributed by atoms with Crippen molar-refractivity contribution in [2.75, 3.05) is 39.6 Å². The molecule has 0 spiro atoms. The second-order valence-corrected chi connectivity index (χ2v) is 30.6. The van der Waals surface area contributed by atoms with E-state index in [0.717, 1.165) is 109 Å². The average molecular weight is 1600 g/mol. The topological polar surface area (TPSA) is 237 Å². The SMILES string of the molecule is CC/C=C\C/C=C\C/C=C\C/C=C\C/C=C\C/C=C\CCC(=O)O[C@H](COC(=O)CC/C=C\C/C=C\C/C=C\C/C=C\C/C=C\CCCCC)COP(=O)(O)OC[C@@H](O)COP(=O)(O)OC[C@@H](COC(=O)CC/C=C\C/C=C\C/C=C\C/C=C\C/C=C\CCCCC)OC(=O)CCCCCCCCCCCCCCCCC. The first-order chi connectivity index (χ1) is 54.7. The molecule has 2 unspecified atom stereocenters. The van der Waals surface area contributed by atoms with E-state index in [1.54, 1.807) is 0 Å². The van der Waals surface area contributed by atoms with E-state index in [2.05, 4.69) is 174 Å². The quantitative estimate of drug-likeness (QED) is 0.0169. The Morgan fingerprint density at radius 3 is 0.768 bits per heavy atom. The molecule has 0 saturated heterocycles. The maximum Gasteiger partial charge on any atom is 0.472 e. The van der Waals surface area contributed by atoms with Crippen molar-refractivity contribution in [3.8, 4) is 0 Å². The summed E-state index contributed by atoms with van der Waals surface area (Å²) in [6, 6.07) is 0. The molecule has 17 nitrogen and oxygen atoms in total. The molecule has 0 amide bonds. The molecule has 112 heavy (non-hydrogen) atoms. The van der Waals surface area contributed by atoms with Crippen LogP contribution in [0.5, 0.6) is 0 Å². The molecule has 0 radical (unpaired) electrons. The molecule has 0 rings (SSSR count). The molecule has 0 aromatic heterocycles. The number of aliphatic hydroxyl groups excluding tert-OH is 1. The number of rotatable bonds is 78. The third-order valence-corrected chi connectivity index (χ3v) is 19.0. The van der Waals surface area contributed by atoms with Crippen molar-refractivity contribution in [1.29, 1.82) is 0 Å². The number of carbonyl (C=O) groups is 4.